The summed E-state index contributed by atoms with van der Waals surface area (Å²) >= 11 is 0. The Morgan fingerprint density at radius 1 is 0.967 bits per heavy atom. The van der Waals surface area contributed by atoms with Crippen LogP contribution in [0.5, 0.6) is 5.75 Å². The van der Waals surface area contributed by atoms with Crippen LogP contribution in [0, 0.1) is 10.1 Å². The summed E-state index contributed by atoms with van der Waals surface area (Å²) in [5.41, 5.74) is 2.12. The van der Waals surface area contributed by atoms with Gasteiger partial charge in [0.15, 0.2) is 5.69 Å². The molecule has 0 bridgehead atoms. The number of anilines is 1. The summed E-state index contributed by atoms with van der Waals surface area (Å²) in [6.45, 7) is 2.69. The van der Waals surface area contributed by atoms with E-state index in [1.165, 1.54) is 12.1 Å². The lowest BCUT2D eigenvalue weighted by Crippen LogP contribution is -2.48. The lowest BCUT2D eigenvalue weighted by Gasteiger charge is -2.35. The number of amides is 1. The molecule has 30 heavy (non-hydrogen) atoms. The highest BCUT2D eigenvalue weighted by molar-refractivity contribution is 5.92. The van der Waals surface area contributed by atoms with Crippen molar-refractivity contribution in [2.24, 2.45) is 0 Å². The maximum atomic E-state index is 12.8. The first kappa shape index (κ1) is 19.4. The Labute approximate surface area is 173 Å². The minimum absolute atomic E-state index is 0.0111. The summed E-state index contributed by atoms with van der Waals surface area (Å²) in [5.74, 6) is 0.696. The van der Waals surface area contributed by atoms with Crippen molar-refractivity contribution in [3.05, 3.63) is 76.6 Å². The van der Waals surface area contributed by atoms with E-state index in [0.717, 1.165) is 24.5 Å². The highest BCUT2D eigenvalue weighted by atomic mass is 16.6. The van der Waals surface area contributed by atoms with E-state index in [4.69, 9.17) is 4.74 Å². The summed E-state index contributed by atoms with van der Waals surface area (Å²) in [5, 5.41) is 15.1. The van der Waals surface area contributed by atoms with Gasteiger partial charge in [0, 0.05) is 50.2 Å². The topological polar surface area (TPSA) is 93.7 Å². The second-order valence-electron chi connectivity index (χ2n) is 6.90. The van der Waals surface area contributed by atoms with Gasteiger partial charge in [-0.05, 0) is 42.5 Å². The van der Waals surface area contributed by atoms with E-state index in [-0.39, 0.29) is 11.6 Å². The summed E-state index contributed by atoms with van der Waals surface area (Å²) in [6.07, 6.45) is 1.68. The summed E-state index contributed by atoms with van der Waals surface area (Å²) in [6, 6.07) is 15.6. The molecule has 1 aromatic heterocycles. The zero-order valence-corrected chi connectivity index (χ0v) is 16.5. The molecule has 1 fully saturated rings. The van der Waals surface area contributed by atoms with E-state index < -0.39 is 4.92 Å². The van der Waals surface area contributed by atoms with E-state index in [1.807, 2.05) is 24.3 Å². The Hall–Kier alpha value is -3.88. The van der Waals surface area contributed by atoms with Crippen LogP contribution in [-0.4, -0.2) is 58.8 Å². The number of hydrogen-bond acceptors (Lipinski definition) is 6. The van der Waals surface area contributed by atoms with Crippen LogP contribution in [0.1, 0.15) is 10.5 Å². The van der Waals surface area contributed by atoms with Crippen molar-refractivity contribution in [2.45, 2.75) is 0 Å². The van der Waals surface area contributed by atoms with Crippen LogP contribution in [0.2, 0.25) is 0 Å². The number of nitro benzene ring substituents is 1. The summed E-state index contributed by atoms with van der Waals surface area (Å²) in [7, 11) is 1.64. The van der Waals surface area contributed by atoms with E-state index in [0.29, 0.717) is 24.5 Å². The molecule has 154 valence electrons. The Balaban J connectivity index is 1.39. The largest absolute Gasteiger partial charge is 0.497 e. The van der Waals surface area contributed by atoms with Crippen LogP contribution in [0.15, 0.2) is 60.8 Å². The minimum atomic E-state index is -0.451. The lowest BCUT2D eigenvalue weighted by atomic mass is 10.2. The molecule has 2 heterocycles. The average Bonchev–Trinajstić information content (AvgIpc) is 3.29. The quantitative estimate of drug-likeness (QED) is 0.477. The molecule has 0 radical (unpaired) electrons. The minimum Gasteiger partial charge on any atom is -0.497 e. The second kappa shape index (κ2) is 8.24. The first-order valence-corrected chi connectivity index (χ1v) is 9.54. The third kappa shape index (κ3) is 3.95. The third-order valence-electron chi connectivity index (χ3n) is 5.14. The monoisotopic (exact) mass is 407 g/mol. The molecular weight excluding hydrogens is 386 g/mol. The number of ether oxygens (including phenoxy) is 1. The van der Waals surface area contributed by atoms with Gasteiger partial charge in [-0.2, -0.15) is 5.10 Å². The fraction of sp³-hybridized carbons (Fsp3) is 0.238. The molecule has 0 unspecified atom stereocenters. The number of piperazine rings is 1. The van der Waals surface area contributed by atoms with E-state index in [1.54, 1.807) is 41.1 Å². The highest BCUT2D eigenvalue weighted by Gasteiger charge is 2.24. The zero-order valence-electron chi connectivity index (χ0n) is 16.5. The number of non-ortho nitro benzene ring substituents is 1. The Morgan fingerprint density at radius 3 is 2.20 bits per heavy atom. The predicted molar refractivity (Wildman–Crippen MR) is 111 cm³/mol. The molecule has 2 aromatic carbocycles. The Kier molecular flexibility index (Phi) is 5.34. The van der Waals surface area contributed by atoms with Gasteiger partial charge in [0.25, 0.3) is 11.6 Å². The second-order valence-corrected chi connectivity index (χ2v) is 6.90. The Bertz CT molecular complexity index is 1040. The fourth-order valence-electron chi connectivity index (χ4n) is 3.43. The number of nitro groups is 1. The van der Waals surface area contributed by atoms with Gasteiger partial charge >= 0.3 is 0 Å². The third-order valence-corrected chi connectivity index (χ3v) is 5.14. The molecule has 0 atom stereocenters. The van der Waals surface area contributed by atoms with Crippen molar-refractivity contribution in [3.63, 3.8) is 0 Å². The van der Waals surface area contributed by atoms with Gasteiger partial charge in [-0.25, -0.2) is 4.68 Å². The first-order valence-electron chi connectivity index (χ1n) is 9.54. The summed E-state index contributed by atoms with van der Waals surface area (Å²) in [4.78, 5) is 27.2. The SMILES string of the molecule is COc1ccc(N2CCN(C(=O)c3ccn(-c4ccc([N+](=O)[O-])cc4)n3)CC2)cc1. The van der Waals surface area contributed by atoms with Crippen molar-refractivity contribution < 1.29 is 14.5 Å². The number of aromatic nitrogens is 2. The number of carbonyl (C=O) groups excluding carboxylic acids is 1. The van der Waals surface area contributed by atoms with Crippen molar-refractivity contribution in [1.29, 1.82) is 0 Å². The van der Waals surface area contributed by atoms with Crippen LogP contribution in [0.25, 0.3) is 5.69 Å². The van der Waals surface area contributed by atoms with Gasteiger partial charge in [0.1, 0.15) is 5.75 Å². The van der Waals surface area contributed by atoms with Crippen LogP contribution in [0.4, 0.5) is 11.4 Å². The molecular formula is C21H21N5O4. The van der Waals surface area contributed by atoms with E-state index in [2.05, 4.69) is 10.00 Å². The lowest BCUT2D eigenvalue weighted by molar-refractivity contribution is -0.384. The van der Waals surface area contributed by atoms with Gasteiger partial charge in [0.05, 0.1) is 17.7 Å². The predicted octanol–water partition coefficient (Wildman–Crippen LogP) is 2.75. The Morgan fingerprint density at radius 2 is 1.60 bits per heavy atom. The van der Waals surface area contributed by atoms with Gasteiger partial charge < -0.3 is 14.5 Å². The molecule has 9 nitrogen and oxygen atoms in total. The standard InChI is InChI=1S/C21H21N5O4/c1-30-19-8-6-16(7-9-19)23-12-14-24(15-13-23)21(27)20-10-11-25(22-20)17-2-4-18(5-3-17)26(28)29/h2-11H,12-15H2,1H3. The van der Waals surface area contributed by atoms with Crippen molar-refractivity contribution >= 4 is 17.3 Å². The van der Waals surface area contributed by atoms with Crippen LogP contribution < -0.4 is 9.64 Å². The molecule has 4 rings (SSSR count). The molecule has 1 saturated heterocycles. The number of hydrogen-bond donors (Lipinski definition) is 0. The fourth-order valence-corrected chi connectivity index (χ4v) is 3.43. The number of carbonyl (C=O) groups is 1. The van der Waals surface area contributed by atoms with Gasteiger partial charge in [-0.3, -0.25) is 14.9 Å². The van der Waals surface area contributed by atoms with Gasteiger partial charge in [-0.15, -0.1) is 0 Å². The van der Waals surface area contributed by atoms with Crippen molar-refractivity contribution in [1.82, 2.24) is 14.7 Å². The van der Waals surface area contributed by atoms with Gasteiger partial charge in [-0.1, -0.05) is 0 Å². The van der Waals surface area contributed by atoms with Crippen LogP contribution in [0.3, 0.4) is 0 Å². The first-order chi connectivity index (χ1) is 14.5. The molecule has 0 saturated carbocycles. The zero-order chi connectivity index (χ0) is 21.1. The highest BCUT2D eigenvalue weighted by Crippen LogP contribution is 2.21. The molecule has 0 N–H and O–H groups in total. The maximum absolute atomic E-state index is 12.8. The van der Waals surface area contributed by atoms with Gasteiger partial charge in [0.2, 0.25) is 0 Å². The summed E-state index contributed by atoms with van der Waals surface area (Å²) < 4.78 is 6.74. The molecule has 1 amide bonds. The number of rotatable bonds is 5. The number of methoxy groups -OCH3 is 1. The van der Waals surface area contributed by atoms with Crippen molar-refractivity contribution in [3.8, 4) is 11.4 Å². The van der Waals surface area contributed by atoms with Crippen molar-refractivity contribution in [2.75, 3.05) is 38.2 Å². The average molecular weight is 407 g/mol. The van der Waals surface area contributed by atoms with Crippen LogP contribution >= 0.6 is 0 Å². The molecule has 1 aliphatic rings. The normalized spacial score (nSPS) is 13.9. The van der Waals surface area contributed by atoms with Crippen LogP contribution in [-0.2, 0) is 0 Å². The molecule has 1 aliphatic heterocycles. The number of nitrogens with zero attached hydrogens (tertiary/aromatic N) is 5. The molecule has 9 heteroatoms. The molecule has 0 aliphatic carbocycles. The molecule has 0 spiro atoms. The van der Waals surface area contributed by atoms with E-state index >= 15 is 0 Å². The maximum Gasteiger partial charge on any atom is 0.274 e. The number of benzene rings is 2. The molecule has 3 aromatic rings. The van der Waals surface area contributed by atoms with E-state index in [9.17, 15) is 14.9 Å². The smallest absolute Gasteiger partial charge is 0.274 e.